The van der Waals surface area contributed by atoms with Crippen LogP contribution in [-0.4, -0.2) is 52.3 Å². The maximum absolute atomic E-state index is 13.2. The third kappa shape index (κ3) is 3.27. The minimum Gasteiger partial charge on any atom is -0.361 e. The number of thiophene rings is 1. The number of para-hydroxylation sites is 1. The summed E-state index contributed by atoms with van der Waals surface area (Å²) in [4.78, 5) is 33.7. The van der Waals surface area contributed by atoms with Crippen LogP contribution in [0.3, 0.4) is 0 Å². The van der Waals surface area contributed by atoms with Crippen molar-refractivity contribution in [3.63, 3.8) is 0 Å². The van der Waals surface area contributed by atoms with Crippen LogP contribution < -0.4 is 0 Å². The number of H-pyrrole nitrogens is 1. The topological polar surface area (TPSA) is 56.4 Å². The van der Waals surface area contributed by atoms with Crippen LogP contribution in [0.15, 0.2) is 54.1 Å². The Morgan fingerprint density at radius 3 is 2.79 bits per heavy atom. The first-order valence-corrected chi connectivity index (χ1v) is 11.0. The van der Waals surface area contributed by atoms with Gasteiger partial charge in [-0.2, -0.15) is 0 Å². The summed E-state index contributed by atoms with van der Waals surface area (Å²) in [6.07, 6.45) is 6.70. The number of fused-ring (bicyclic) bond motifs is 1. The lowest BCUT2D eigenvalue weighted by Gasteiger charge is -2.32. The molecule has 6 heteroatoms. The van der Waals surface area contributed by atoms with Gasteiger partial charge in [0.2, 0.25) is 5.91 Å². The molecule has 2 aliphatic rings. The molecule has 4 heterocycles. The van der Waals surface area contributed by atoms with E-state index in [-0.39, 0.29) is 17.9 Å². The molecule has 0 spiro atoms. The van der Waals surface area contributed by atoms with Gasteiger partial charge < -0.3 is 14.8 Å². The van der Waals surface area contributed by atoms with Crippen LogP contribution in [0.4, 0.5) is 0 Å². The van der Waals surface area contributed by atoms with Crippen LogP contribution in [0.5, 0.6) is 0 Å². The fourth-order valence-electron chi connectivity index (χ4n) is 4.47. The summed E-state index contributed by atoms with van der Waals surface area (Å²) >= 11 is 1.44. The fraction of sp³-hybridized carbons (Fsp3) is 0.304. The molecule has 1 N–H and O–H groups in total. The van der Waals surface area contributed by atoms with Gasteiger partial charge in [0.1, 0.15) is 6.04 Å². The minimum atomic E-state index is -0.326. The second-order valence-corrected chi connectivity index (χ2v) is 8.59. The van der Waals surface area contributed by atoms with Gasteiger partial charge in [-0.25, -0.2) is 0 Å². The molecule has 5 rings (SSSR count). The molecule has 3 aromatic rings. The van der Waals surface area contributed by atoms with Crippen molar-refractivity contribution in [3.8, 4) is 0 Å². The molecule has 1 aromatic carbocycles. The van der Waals surface area contributed by atoms with Crippen LogP contribution in [0.1, 0.15) is 34.5 Å². The number of aromatic amines is 1. The standard InChI is InChI=1S/C23H23N3O2S/c27-22(20-7-3-11-26(20)23(28)21-8-4-14-29-21)25-12-9-16(10-13-25)18-15-24-19-6-2-1-5-17(18)19/h1-2,4-6,8-9,14-15,20,24H,3,7,10-13H2/t20-/m0/s1. The second kappa shape index (κ2) is 7.52. The Morgan fingerprint density at radius 1 is 1.10 bits per heavy atom. The predicted octanol–water partition coefficient (Wildman–Crippen LogP) is 4.15. The number of hydrogen-bond donors (Lipinski definition) is 1. The van der Waals surface area contributed by atoms with Gasteiger partial charge in [-0.1, -0.05) is 30.3 Å². The maximum atomic E-state index is 13.2. The summed E-state index contributed by atoms with van der Waals surface area (Å²) in [5.41, 5.74) is 3.64. The molecule has 2 aliphatic heterocycles. The number of nitrogens with one attached hydrogen (secondary N) is 1. The Morgan fingerprint density at radius 2 is 2.00 bits per heavy atom. The number of amides is 2. The first-order valence-electron chi connectivity index (χ1n) is 10.1. The largest absolute Gasteiger partial charge is 0.361 e. The van der Waals surface area contributed by atoms with Crippen molar-refractivity contribution in [2.45, 2.75) is 25.3 Å². The van der Waals surface area contributed by atoms with Crippen LogP contribution >= 0.6 is 11.3 Å². The molecule has 29 heavy (non-hydrogen) atoms. The Bertz CT molecular complexity index is 1080. The van der Waals surface area contributed by atoms with Gasteiger partial charge in [0.25, 0.3) is 5.91 Å². The predicted molar refractivity (Wildman–Crippen MR) is 116 cm³/mol. The highest BCUT2D eigenvalue weighted by Gasteiger charge is 2.37. The number of hydrogen-bond acceptors (Lipinski definition) is 3. The smallest absolute Gasteiger partial charge is 0.264 e. The minimum absolute atomic E-state index is 0.0112. The van der Waals surface area contributed by atoms with Crippen LogP contribution in [0.25, 0.3) is 16.5 Å². The number of carbonyl (C=O) groups is 2. The van der Waals surface area contributed by atoms with E-state index in [1.807, 2.05) is 28.5 Å². The lowest BCUT2D eigenvalue weighted by atomic mass is 9.98. The fourth-order valence-corrected chi connectivity index (χ4v) is 5.15. The van der Waals surface area contributed by atoms with Gasteiger partial charge in [-0.05, 0) is 42.3 Å². The van der Waals surface area contributed by atoms with Crippen LogP contribution in [0.2, 0.25) is 0 Å². The molecule has 0 aliphatic carbocycles. The van der Waals surface area contributed by atoms with E-state index in [0.29, 0.717) is 24.5 Å². The highest BCUT2D eigenvalue weighted by atomic mass is 32.1. The number of rotatable bonds is 3. The lowest BCUT2D eigenvalue weighted by Crippen LogP contribution is -2.48. The molecule has 0 unspecified atom stereocenters. The third-order valence-corrected chi connectivity index (χ3v) is 6.84. The SMILES string of the molecule is O=C([C@@H]1CCCN1C(=O)c1cccs1)N1CC=C(c2c[nH]c3ccccc23)CC1. The van der Waals surface area contributed by atoms with Gasteiger partial charge in [-0.15, -0.1) is 11.3 Å². The number of carbonyl (C=O) groups excluding carboxylic acids is 2. The van der Waals surface area contributed by atoms with Gasteiger partial charge in [-0.3, -0.25) is 9.59 Å². The quantitative estimate of drug-likeness (QED) is 0.712. The van der Waals surface area contributed by atoms with E-state index >= 15 is 0 Å². The Kier molecular flexibility index (Phi) is 4.72. The van der Waals surface area contributed by atoms with Gasteiger partial charge >= 0.3 is 0 Å². The van der Waals surface area contributed by atoms with E-state index in [2.05, 4.69) is 35.5 Å². The van der Waals surface area contributed by atoms with Crippen molar-refractivity contribution in [2.75, 3.05) is 19.6 Å². The summed E-state index contributed by atoms with van der Waals surface area (Å²) < 4.78 is 0. The highest BCUT2D eigenvalue weighted by molar-refractivity contribution is 7.12. The maximum Gasteiger partial charge on any atom is 0.264 e. The molecule has 5 nitrogen and oxygen atoms in total. The third-order valence-electron chi connectivity index (χ3n) is 5.99. The zero-order valence-electron chi connectivity index (χ0n) is 16.1. The first kappa shape index (κ1) is 18.2. The molecule has 148 valence electrons. The van der Waals surface area contributed by atoms with Crippen LogP contribution in [0, 0.1) is 0 Å². The van der Waals surface area contributed by atoms with Gasteiger partial charge in [0, 0.05) is 42.3 Å². The molecule has 0 saturated carbocycles. The first-order chi connectivity index (χ1) is 14.2. The van der Waals surface area contributed by atoms with E-state index in [1.165, 1.54) is 27.9 Å². The zero-order chi connectivity index (χ0) is 19.8. The van der Waals surface area contributed by atoms with Crippen molar-refractivity contribution in [1.82, 2.24) is 14.8 Å². The summed E-state index contributed by atoms with van der Waals surface area (Å²) in [7, 11) is 0. The lowest BCUT2D eigenvalue weighted by molar-refractivity contribution is -0.134. The molecule has 1 atom stereocenters. The number of nitrogens with zero attached hydrogens (tertiary/aromatic N) is 2. The van der Waals surface area contributed by atoms with Crippen molar-refractivity contribution < 1.29 is 9.59 Å². The summed E-state index contributed by atoms with van der Waals surface area (Å²) in [5, 5.41) is 3.13. The van der Waals surface area contributed by atoms with Crippen molar-refractivity contribution in [2.24, 2.45) is 0 Å². The van der Waals surface area contributed by atoms with E-state index in [1.54, 1.807) is 4.90 Å². The molecule has 1 saturated heterocycles. The van der Waals surface area contributed by atoms with Gasteiger partial charge in [0.15, 0.2) is 0 Å². The van der Waals surface area contributed by atoms with E-state index in [9.17, 15) is 9.59 Å². The molecule has 1 fully saturated rings. The molecule has 0 radical (unpaired) electrons. The Hall–Kier alpha value is -2.86. The van der Waals surface area contributed by atoms with Crippen molar-refractivity contribution in [1.29, 1.82) is 0 Å². The number of benzene rings is 1. The number of aromatic nitrogens is 1. The van der Waals surface area contributed by atoms with E-state index in [4.69, 9.17) is 0 Å². The molecule has 2 amide bonds. The highest BCUT2D eigenvalue weighted by Crippen LogP contribution is 2.30. The average molecular weight is 406 g/mol. The molecule has 2 aromatic heterocycles. The molecular formula is C23H23N3O2S. The van der Waals surface area contributed by atoms with Gasteiger partial charge in [0.05, 0.1) is 4.88 Å². The van der Waals surface area contributed by atoms with E-state index in [0.717, 1.165) is 24.8 Å². The summed E-state index contributed by atoms with van der Waals surface area (Å²) in [6.45, 7) is 1.96. The number of likely N-dealkylation sites (tertiary alicyclic amines) is 1. The summed E-state index contributed by atoms with van der Waals surface area (Å²) in [6, 6.07) is 11.7. The van der Waals surface area contributed by atoms with Crippen LogP contribution in [-0.2, 0) is 4.79 Å². The normalized spacial score (nSPS) is 19.6. The molecular weight excluding hydrogens is 382 g/mol. The summed E-state index contributed by atoms with van der Waals surface area (Å²) in [5.74, 6) is 0.0736. The second-order valence-electron chi connectivity index (χ2n) is 7.65. The average Bonchev–Trinajstić information content (AvgIpc) is 3.53. The Labute approximate surface area is 173 Å². The zero-order valence-corrected chi connectivity index (χ0v) is 17.0. The van der Waals surface area contributed by atoms with E-state index < -0.39 is 0 Å². The van der Waals surface area contributed by atoms with Crippen molar-refractivity contribution >= 4 is 39.6 Å². The van der Waals surface area contributed by atoms with Crippen molar-refractivity contribution in [3.05, 3.63) is 64.5 Å². The molecule has 0 bridgehead atoms. The Balaban J connectivity index is 1.31. The monoisotopic (exact) mass is 405 g/mol.